The van der Waals surface area contributed by atoms with Gasteiger partial charge >= 0.3 is 5.51 Å². The molecule has 3 nitrogen and oxygen atoms in total. The van der Waals surface area contributed by atoms with E-state index in [4.69, 9.17) is 11.6 Å². The minimum atomic E-state index is -4.56. The first-order chi connectivity index (χ1) is 6.79. The fourth-order valence-electron chi connectivity index (χ4n) is 0.844. The van der Waals surface area contributed by atoms with Gasteiger partial charge in [-0.3, -0.25) is 10.1 Å². The fourth-order valence-corrected chi connectivity index (χ4v) is 1.63. The van der Waals surface area contributed by atoms with Gasteiger partial charge in [0.05, 0.1) is 9.82 Å². The third-order valence-electron chi connectivity index (χ3n) is 1.34. The lowest BCUT2D eigenvalue weighted by Gasteiger charge is -2.05. The van der Waals surface area contributed by atoms with Crippen LogP contribution < -0.4 is 0 Å². The molecule has 1 rings (SSSR count). The highest BCUT2D eigenvalue weighted by atomic mass is 35.5. The van der Waals surface area contributed by atoms with E-state index in [1.807, 2.05) is 0 Å². The quantitative estimate of drug-likeness (QED) is 0.459. The molecule has 0 aliphatic rings. The minimum absolute atomic E-state index is 0.0215. The van der Waals surface area contributed by atoms with E-state index in [0.717, 1.165) is 12.1 Å². The van der Waals surface area contributed by atoms with Crippen LogP contribution in [0.15, 0.2) is 23.1 Å². The molecule has 0 aromatic heterocycles. The number of benzene rings is 1. The van der Waals surface area contributed by atoms with Gasteiger partial charge in [-0.15, -0.1) is 0 Å². The summed E-state index contributed by atoms with van der Waals surface area (Å²) in [6, 6.07) is 3.02. The molecule has 0 unspecified atom stereocenters. The zero-order chi connectivity index (χ0) is 11.6. The number of nitro benzene ring substituents is 1. The van der Waals surface area contributed by atoms with Crippen LogP contribution in [0.1, 0.15) is 0 Å². The number of thioether (sulfide) groups is 1. The number of nitro groups is 1. The van der Waals surface area contributed by atoms with E-state index in [1.54, 1.807) is 0 Å². The van der Waals surface area contributed by atoms with E-state index in [-0.39, 0.29) is 5.02 Å². The number of rotatable bonds is 2. The zero-order valence-electron chi connectivity index (χ0n) is 6.92. The Labute approximate surface area is 91.4 Å². The Hall–Kier alpha value is -0.950. The maximum Gasteiger partial charge on any atom is 0.446 e. The highest BCUT2D eigenvalue weighted by Crippen LogP contribution is 2.41. The third-order valence-corrected chi connectivity index (χ3v) is 2.38. The Morgan fingerprint density at radius 1 is 1.40 bits per heavy atom. The standard InChI is InChI=1S/C7H3ClF3NO2S/c8-4-1-2-6(15-7(9,10)11)5(3-4)12(13)14/h1-3H. The van der Waals surface area contributed by atoms with E-state index in [1.165, 1.54) is 6.07 Å². The summed E-state index contributed by atoms with van der Waals surface area (Å²) in [5.41, 5.74) is -5.21. The van der Waals surface area contributed by atoms with Crippen LogP contribution in [-0.4, -0.2) is 10.4 Å². The van der Waals surface area contributed by atoms with Gasteiger partial charge in [-0.2, -0.15) is 13.2 Å². The van der Waals surface area contributed by atoms with E-state index in [2.05, 4.69) is 0 Å². The van der Waals surface area contributed by atoms with Gasteiger partial charge in [-0.05, 0) is 23.9 Å². The van der Waals surface area contributed by atoms with Crippen molar-refractivity contribution in [2.75, 3.05) is 0 Å². The molecule has 0 spiro atoms. The molecule has 0 atom stereocenters. The summed E-state index contributed by atoms with van der Waals surface area (Å²) in [6.07, 6.45) is 0. The van der Waals surface area contributed by atoms with Crippen molar-refractivity contribution < 1.29 is 18.1 Å². The van der Waals surface area contributed by atoms with Crippen molar-refractivity contribution in [3.05, 3.63) is 33.3 Å². The van der Waals surface area contributed by atoms with Gasteiger partial charge in [0.25, 0.3) is 5.69 Å². The molecule has 82 valence electrons. The second-order valence-electron chi connectivity index (χ2n) is 2.42. The Bertz CT molecular complexity index is 396. The van der Waals surface area contributed by atoms with E-state index in [0.29, 0.717) is 0 Å². The third kappa shape index (κ3) is 3.60. The lowest BCUT2D eigenvalue weighted by Crippen LogP contribution is -2.01. The Morgan fingerprint density at radius 2 is 2.00 bits per heavy atom. The number of alkyl halides is 3. The fraction of sp³-hybridized carbons (Fsp3) is 0.143. The van der Waals surface area contributed by atoms with Crippen molar-refractivity contribution in [3.63, 3.8) is 0 Å². The van der Waals surface area contributed by atoms with E-state index < -0.39 is 32.8 Å². The van der Waals surface area contributed by atoms with Crippen molar-refractivity contribution in [2.24, 2.45) is 0 Å². The predicted molar refractivity (Wildman–Crippen MR) is 50.0 cm³/mol. The number of hydrogen-bond donors (Lipinski definition) is 0. The second kappa shape index (κ2) is 4.28. The summed E-state index contributed by atoms with van der Waals surface area (Å²) in [6.45, 7) is 0. The molecule has 1 aromatic carbocycles. The van der Waals surface area contributed by atoms with Gasteiger partial charge in [0.15, 0.2) is 0 Å². The first-order valence-corrected chi connectivity index (χ1v) is 4.69. The van der Waals surface area contributed by atoms with Crippen molar-refractivity contribution in [1.82, 2.24) is 0 Å². The van der Waals surface area contributed by atoms with E-state index >= 15 is 0 Å². The molecule has 8 heteroatoms. The first-order valence-electron chi connectivity index (χ1n) is 3.49. The summed E-state index contributed by atoms with van der Waals surface area (Å²) in [7, 11) is 0. The maximum atomic E-state index is 12.0. The van der Waals surface area contributed by atoms with Gasteiger partial charge in [0.2, 0.25) is 0 Å². The smallest absolute Gasteiger partial charge is 0.258 e. The second-order valence-corrected chi connectivity index (χ2v) is 3.96. The largest absolute Gasteiger partial charge is 0.446 e. The molecule has 15 heavy (non-hydrogen) atoms. The van der Waals surface area contributed by atoms with Gasteiger partial charge in [-0.25, -0.2) is 0 Å². The molecule has 1 aromatic rings. The monoisotopic (exact) mass is 257 g/mol. The number of nitrogens with zero attached hydrogens (tertiary/aromatic N) is 1. The van der Waals surface area contributed by atoms with Gasteiger partial charge in [0, 0.05) is 11.1 Å². The Balaban J connectivity index is 3.12. The first kappa shape index (κ1) is 12.1. The van der Waals surface area contributed by atoms with Crippen LogP contribution in [0, 0.1) is 10.1 Å². The predicted octanol–water partition coefficient (Wildman–Crippen LogP) is 3.86. The van der Waals surface area contributed by atoms with Crippen LogP contribution in [0.2, 0.25) is 5.02 Å². The molecule has 0 N–H and O–H groups in total. The molecular formula is C7H3ClF3NO2S. The average molecular weight is 258 g/mol. The van der Waals surface area contributed by atoms with Crippen LogP contribution in [-0.2, 0) is 0 Å². The topological polar surface area (TPSA) is 43.1 Å². The van der Waals surface area contributed by atoms with Crippen LogP contribution in [0.3, 0.4) is 0 Å². The molecule has 0 radical (unpaired) electrons. The van der Waals surface area contributed by atoms with Crippen molar-refractivity contribution >= 4 is 29.1 Å². The maximum absolute atomic E-state index is 12.0. The molecule has 0 saturated heterocycles. The average Bonchev–Trinajstić information content (AvgIpc) is 2.05. The van der Waals surface area contributed by atoms with Gasteiger partial charge < -0.3 is 0 Å². The molecule has 0 fully saturated rings. The van der Waals surface area contributed by atoms with Gasteiger partial charge in [0.1, 0.15) is 0 Å². The number of hydrogen-bond acceptors (Lipinski definition) is 3. The minimum Gasteiger partial charge on any atom is -0.258 e. The molecule has 0 heterocycles. The normalized spacial score (nSPS) is 11.5. The summed E-state index contributed by atoms with van der Waals surface area (Å²) >= 11 is 4.90. The van der Waals surface area contributed by atoms with Crippen molar-refractivity contribution in [1.29, 1.82) is 0 Å². The highest BCUT2D eigenvalue weighted by Gasteiger charge is 2.32. The van der Waals surface area contributed by atoms with Crippen LogP contribution in [0.4, 0.5) is 18.9 Å². The molecule has 0 bridgehead atoms. The van der Waals surface area contributed by atoms with E-state index in [9.17, 15) is 23.3 Å². The Kier molecular flexibility index (Phi) is 3.46. The van der Waals surface area contributed by atoms with Crippen LogP contribution >= 0.6 is 23.4 Å². The molecule has 0 saturated carbocycles. The highest BCUT2D eigenvalue weighted by molar-refractivity contribution is 8.00. The molecule has 0 aliphatic carbocycles. The lowest BCUT2D eigenvalue weighted by molar-refractivity contribution is -0.387. The molecule has 0 aliphatic heterocycles. The van der Waals surface area contributed by atoms with Crippen LogP contribution in [0.25, 0.3) is 0 Å². The van der Waals surface area contributed by atoms with Gasteiger partial charge in [-0.1, -0.05) is 11.6 Å². The SMILES string of the molecule is O=[N+]([O-])c1cc(Cl)ccc1SC(F)(F)F. The van der Waals surface area contributed by atoms with Crippen molar-refractivity contribution in [2.45, 2.75) is 10.4 Å². The molecule has 0 amide bonds. The summed E-state index contributed by atoms with van der Waals surface area (Å²) < 4.78 is 36.0. The summed E-state index contributed by atoms with van der Waals surface area (Å²) in [5, 5.41) is 10.4. The summed E-state index contributed by atoms with van der Waals surface area (Å²) in [4.78, 5) is 9.05. The number of halogens is 4. The summed E-state index contributed by atoms with van der Waals surface area (Å²) in [5.74, 6) is 0. The molecular weight excluding hydrogens is 255 g/mol. The lowest BCUT2D eigenvalue weighted by atomic mass is 10.3. The van der Waals surface area contributed by atoms with Crippen molar-refractivity contribution in [3.8, 4) is 0 Å². The zero-order valence-corrected chi connectivity index (χ0v) is 8.49. The Morgan fingerprint density at radius 3 is 2.47 bits per heavy atom. The van der Waals surface area contributed by atoms with Crippen LogP contribution in [0.5, 0.6) is 0 Å².